The van der Waals surface area contributed by atoms with Crippen molar-refractivity contribution in [2.24, 2.45) is 5.73 Å². The van der Waals surface area contributed by atoms with Crippen LogP contribution in [0.4, 0.5) is 0 Å². The van der Waals surface area contributed by atoms with Gasteiger partial charge in [0.1, 0.15) is 0 Å². The molecule has 0 bridgehead atoms. The third kappa shape index (κ3) is 3.57. The standard InChI is InChI=1S/C13H19NOS2/c1-13(2,14)9-17(15)8-10-7-16-12-6-4-3-5-11(10)12/h3-6,10H,7-9,14H2,1-2H3. The van der Waals surface area contributed by atoms with Gasteiger partial charge < -0.3 is 5.73 Å². The number of hydrogen-bond acceptors (Lipinski definition) is 3. The summed E-state index contributed by atoms with van der Waals surface area (Å²) in [5, 5.41) is 0. The summed E-state index contributed by atoms with van der Waals surface area (Å²) >= 11 is 1.87. The van der Waals surface area contributed by atoms with Crippen molar-refractivity contribution in [1.82, 2.24) is 0 Å². The van der Waals surface area contributed by atoms with Crippen molar-refractivity contribution in [3.63, 3.8) is 0 Å². The summed E-state index contributed by atoms with van der Waals surface area (Å²) in [6.07, 6.45) is 0. The van der Waals surface area contributed by atoms with Gasteiger partial charge in [0.2, 0.25) is 0 Å². The maximum absolute atomic E-state index is 12.0. The van der Waals surface area contributed by atoms with Gasteiger partial charge in [-0.2, -0.15) is 0 Å². The van der Waals surface area contributed by atoms with Gasteiger partial charge in [0.15, 0.2) is 0 Å². The van der Waals surface area contributed by atoms with Gasteiger partial charge in [-0.25, -0.2) is 0 Å². The summed E-state index contributed by atoms with van der Waals surface area (Å²) in [6.45, 7) is 3.87. The fourth-order valence-corrected chi connectivity index (χ4v) is 5.16. The van der Waals surface area contributed by atoms with Crippen LogP contribution in [-0.2, 0) is 10.8 Å². The molecule has 0 saturated heterocycles. The molecule has 0 radical (unpaired) electrons. The fraction of sp³-hybridized carbons (Fsp3) is 0.538. The van der Waals surface area contributed by atoms with Gasteiger partial charge in [0, 0.05) is 44.4 Å². The number of rotatable bonds is 4. The molecule has 0 spiro atoms. The molecule has 17 heavy (non-hydrogen) atoms. The molecule has 0 aromatic heterocycles. The van der Waals surface area contributed by atoms with Crippen LogP contribution < -0.4 is 5.73 Å². The number of benzene rings is 1. The van der Waals surface area contributed by atoms with Crippen LogP contribution in [-0.4, -0.2) is 27.0 Å². The Hall–Kier alpha value is -0.320. The molecule has 1 aromatic rings. The largest absolute Gasteiger partial charge is 0.325 e. The Morgan fingerprint density at radius 3 is 2.88 bits per heavy atom. The zero-order valence-corrected chi connectivity index (χ0v) is 11.9. The number of fused-ring (bicyclic) bond motifs is 1. The Morgan fingerprint density at radius 2 is 2.18 bits per heavy atom. The van der Waals surface area contributed by atoms with E-state index in [1.54, 1.807) is 0 Å². The molecule has 1 aromatic carbocycles. The first-order valence-electron chi connectivity index (χ1n) is 5.81. The summed E-state index contributed by atoms with van der Waals surface area (Å²) in [4.78, 5) is 1.35. The topological polar surface area (TPSA) is 43.1 Å². The summed E-state index contributed by atoms with van der Waals surface area (Å²) in [6, 6.07) is 8.43. The quantitative estimate of drug-likeness (QED) is 0.912. The molecule has 1 aliphatic heterocycles. The Labute approximate surface area is 110 Å². The lowest BCUT2D eigenvalue weighted by atomic mass is 10.0. The minimum absolute atomic E-state index is 0.337. The third-order valence-corrected chi connectivity index (χ3v) is 5.81. The van der Waals surface area contributed by atoms with Gasteiger partial charge in [-0.15, -0.1) is 11.8 Å². The normalized spacial score (nSPS) is 21.2. The molecule has 0 fully saturated rings. The lowest BCUT2D eigenvalue weighted by Crippen LogP contribution is -2.39. The molecular formula is C13H19NOS2. The molecule has 0 amide bonds. The first-order valence-corrected chi connectivity index (χ1v) is 8.29. The van der Waals surface area contributed by atoms with Crippen LogP contribution in [0.1, 0.15) is 25.3 Å². The molecule has 4 heteroatoms. The smallest absolute Gasteiger partial charge is 0.0410 e. The van der Waals surface area contributed by atoms with E-state index in [1.165, 1.54) is 10.5 Å². The second kappa shape index (κ2) is 5.12. The first kappa shape index (κ1) is 13.1. The number of nitrogens with two attached hydrogens (primary N) is 1. The van der Waals surface area contributed by atoms with Crippen molar-refractivity contribution in [2.75, 3.05) is 17.3 Å². The highest BCUT2D eigenvalue weighted by Gasteiger charge is 2.26. The maximum Gasteiger partial charge on any atom is 0.0410 e. The van der Waals surface area contributed by atoms with Gasteiger partial charge in [-0.1, -0.05) is 18.2 Å². The van der Waals surface area contributed by atoms with E-state index in [-0.39, 0.29) is 5.54 Å². The van der Waals surface area contributed by atoms with Crippen LogP contribution in [0.3, 0.4) is 0 Å². The van der Waals surface area contributed by atoms with Crippen molar-refractivity contribution < 1.29 is 4.21 Å². The minimum atomic E-state index is -0.825. The predicted molar refractivity (Wildman–Crippen MR) is 76.0 cm³/mol. The van der Waals surface area contributed by atoms with Gasteiger partial charge in [0.25, 0.3) is 0 Å². The molecule has 1 heterocycles. The summed E-state index contributed by atoms with van der Waals surface area (Å²) in [5.74, 6) is 2.80. The Kier molecular flexibility index (Phi) is 3.95. The van der Waals surface area contributed by atoms with Gasteiger partial charge in [-0.3, -0.25) is 4.21 Å². The molecule has 2 rings (SSSR count). The van der Waals surface area contributed by atoms with Gasteiger partial charge in [-0.05, 0) is 25.5 Å². The Bertz CT molecular complexity index is 426. The number of hydrogen-bond donors (Lipinski definition) is 1. The van der Waals surface area contributed by atoms with Crippen molar-refractivity contribution in [2.45, 2.75) is 30.2 Å². The highest BCUT2D eigenvalue weighted by Crippen LogP contribution is 2.39. The van der Waals surface area contributed by atoms with Crippen LogP contribution in [0, 0.1) is 0 Å². The second-order valence-electron chi connectivity index (χ2n) is 5.29. The van der Waals surface area contributed by atoms with E-state index in [9.17, 15) is 4.21 Å². The van der Waals surface area contributed by atoms with Gasteiger partial charge in [0.05, 0.1) is 0 Å². The van der Waals surface area contributed by atoms with E-state index in [2.05, 4.69) is 24.3 Å². The molecule has 0 aliphatic carbocycles. The zero-order valence-electron chi connectivity index (χ0n) is 10.3. The monoisotopic (exact) mass is 269 g/mol. The van der Waals surface area contributed by atoms with Crippen LogP contribution in [0.5, 0.6) is 0 Å². The molecule has 2 nitrogen and oxygen atoms in total. The van der Waals surface area contributed by atoms with E-state index in [0.717, 1.165) is 11.5 Å². The SMILES string of the molecule is CC(C)(N)CS(=O)CC1CSc2ccccc21. The van der Waals surface area contributed by atoms with E-state index in [0.29, 0.717) is 11.7 Å². The van der Waals surface area contributed by atoms with E-state index >= 15 is 0 Å². The summed E-state index contributed by atoms with van der Waals surface area (Å²) in [7, 11) is -0.825. The zero-order chi connectivity index (χ0) is 12.5. The summed E-state index contributed by atoms with van der Waals surface area (Å²) < 4.78 is 12.0. The molecule has 2 N–H and O–H groups in total. The van der Waals surface area contributed by atoms with Crippen molar-refractivity contribution in [1.29, 1.82) is 0 Å². The maximum atomic E-state index is 12.0. The Balaban J connectivity index is 2.00. The average molecular weight is 269 g/mol. The minimum Gasteiger partial charge on any atom is -0.325 e. The van der Waals surface area contributed by atoms with Crippen molar-refractivity contribution in [3.05, 3.63) is 29.8 Å². The van der Waals surface area contributed by atoms with Crippen molar-refractivity contribution >= 4 is 22.6 Å². The molecule has 2 unspecified atom stereocenters. The molecule has 0 saturated carbocycles. The van der Waals surface area contributed by atoms with E-state index in [4.69, 9.17) is 5.73 Å². The molecule has 1 aliphatic rings. The summed E-state index contributed by atoms with van der Waals surface area (Å²) in [5.41, 5.74) is 6.93. The van der Waals surface area contributed by atoms with Crippen LogP contribution in [0.25, 0.3) is 0 Å². The highest BCUT2D eigenvalue weighted by atomic mass is 32.2. The molecule has 94 valence electrons. The van der Waals surface area contributed by atoms with Crippen LogP contribution >= 0.6 is 11.8 Å². The second-order valence-corrected chi connectivity index (χ2v) is 7.85. The van der Waals surface area contributed by atoms with Gasteiger partial charge >= 0.3 is 0 Å². The Morgan fingerprint density at radius 1 is 1.47 bits per heavy atom. The lowest BCUT2D eigenvalue weighted by Gasteiger charge is -2.19. The lowest BCUT2D eigenvalue weighted by molar-refractivity contribution is 0.576. The fourth-order valence-electron chi connectivity index (χ4n) is 2.07. The highest BCUT2D eigenvalue weighted by molar-refractivity contribution is 7.99. The number of thioether (sulfide) groups is 1. The predicted octanol–water partition coefficient (Wildman–Crippen LogP) is 2.36. The van der Waals surface area contributed by atoms with Crippen LogP contribution in [0.15, 0.2) is 29.2 Å². The first-order chi connectivity index (χ1) is 7.96. The average Bonchev–Trinajstić information content (AvgIpc) is 2.59. The van der Waals surface area contributed by atoms with E-state index < -0.39 is 10.8 Å². The molecular weight excluding hydrogens is 250 g/mol. The van der Waals surface area contributed by atoms with Crippen molar-refractivity contribution in [3.8, 4) is 0 Å². The third-order valence-electron chi connectivity index (χ3n) is 2.72. The molecule has 2 atom stereocenters. The van der Waals surface area contributed by atoms with E-state index in [1.807, 2.05) is 25.6 Å². The van der Waals surface area contributed by atoms with Crippen LogP contribution in [0.2, 0.25) is 0 Å².